The summed E-state index contributed by atoms with van der Waals surface area (Å²) in [4.78, 5) is 13.8. The van der Waals surface area contributed by atoms with Gasteiger partial charge in [-0.2, -0.15) is 5.26 Å². The van der Waals surface area contributed by atoms with Crippen LogP contribution in [-0.2, 0) is 10.4 Å². The highest BCUT2D eigenvalue weighted by Gasteiger charge is 2.40. The monoisotopic (exact) mass is 313 g/mol. The number of nitrogens with zero attached hydrogens (tertiary/aromatic N) is 2. The Morgan fingerprint density at radius 3 is 2.48 bits per heavy atom. The Morgan fingerprint density at radius 1 is 1.26 bits per heavy atom. The molecule has 0 spiro atoms. The summed E-state index contributed by atoms with van der Waals surface area (Å²) in [6, 6.07) is 9.49. The number of carbonyl (C=O) groups excluding carboxylic acids is 1. The molecule has 5 heteroatoms. The number of amides is 1. The Kier molecular flexibility index (Phi) is 4.38. The van der Waals surface area contributed by atoms with E-state index in [1.54, 1.807) is 12.1 Å². The number of hydrogen-bond acceptors (Lipinski definition) is 4. The Bertz CT molecular complexity index is 612. The van der Waals surface area contributed by atoms with Crippen LogP contribution in [0, 0.1) is 11.3 Å². The standard InChI is InChI=1S/C18H23N3O2/c19-12-13-3-5-14(6-4-13)18(23)9-7-15(8-10-18)21-11-1-2-16(21)17(20)22/h3-6,15-16,23H,1-2,7-11H2,(H2,20,22). The predicted octanol–water partition coefficient (Wildman–Crippen LogP) is 1.64. The molecule has 1 saturated carbocycles. The molecule has 1 aliphatic heterocycles. The van der Waals surface area contributed by atoms with Crippen LogP contribution in [-0.4, -0.2) is 34.5 Å². The number of likely N-dealkylation sites (tertiary alicyclic amines) is 1. The van der Waals surface area contributed by atoms with Crippen LogP contribution in [0.4, 0.5) is 0 Å². The van der Waals surface area contributed by atoms with Crippen LogP contribution in [0.25, 0.3) is 0 Å². The summed E-state index contributed by atoms with van der Waals surface area (Å²) >= 11 is 0. The van der Waals surface area contributed by atoms with E-state index in [0.717, 1.165) is 37.8 Å². The summed E-state index contributed by atoms with van der Waals surface area (Å²) in [5, 5.41) is 19.8. The van der Waals surface area contributed by atoms with Crippen molar-refractivity contribution >= 4 is 5.91 Å². The number of nitrogens with two attached hydrogens (primary N) is 1. The Labute approximate surface area is 136 Å². The lowest BCUT2D eigenvalue weighted by Gasteiger charge is -2.41. The summed E-state index contributed by atoms with van der Waals surface area (Å²) < 4.78 is 0. The summed E-state index contributed by atoms with van der Waals surface area (Å²) in [5.41, 5.74) is 6.16. The third-order valence-corrected chi connectivity index (χ3v) is 5.43. The molecule has 1 aromatic carbocycles. The minimum Gasteiger partial charge on any atom is -0.385 e. The lowest BCUT2D eigenvalue weighted by molar-refractivity contribution is -0.123. The molecule has 3 N–H and O–H groups in total. The topological polar surface area (TPSA) is 90.3 Å². The van der Waals surface area contributed by atoms with Crippen LogP contribution < -0.4 is 5.73 Å². The summed E-state index contributed by atoms with van der Waals surface area (Å²) in [7, 11) is 0. The van der Waals surface area contributed by atoms with E-state index in [1.807, 2.05) is 12.1 Å². The number of benzene rings is 1. The van der Waals surface area contributed by atoms with Gasteiger partial charge >= 0.3 is 0 Å². The molecule has 1 heterocycles. The van der Waals surface area contributed by atoms with Crippen molar-refractivity contribution in [3.8, 4) is 6.07 Å². The molecule has 2 aliphatic rings. The van der Waals surface area contributed by atoms with Crippen molar-refractivity contribution in [3.05, 3.63) is 35.4 Å². The third-order valence-electron chi connectivity index (χ3n) is 5.43. The fourth-order valence-corrected chi connectivity index (χ4v) is 4.09. The average Bonchev–Trinajstić information content (AvgIpc) is 3.05. The minimum atomic E-state index is -0.827. The zero-order valence-corrected chi connectivity index (χ0v) is 13.2. The van der Waals surface area contributed by atoms with Crippen molar-refractivity contribution < 1.29 is 9.90 Å². The normalized spacial score (nSPS) is 31.7. The minimum absolute atomic E-state index is 0.138. The molecule has 1 aromatic rings. The van der Waals surface area contributed by atoms with Gasteiger partial charge in [0.15, 0.2) is 0 Å². The largest absolute Gasteiger partial charge is 0.385 e. The molecule has 1 aliphatic carbocycles. The summed E-state index contributed by atoms with van der Waals surface area (Å²) in [6.07, 6.45) is 4.94. The van der Waals surface area contributed by atoms with Gasteiger partial charge in [0.1, 0.15) is 0 Å². The van der Waals surface area contributed by atoms with Crippen LogP contribution in [0.1, 0.15) is 49.7 Å². The lowest BCUT2D eigenvalue weighted by Crippen LogP contribution is -2.48. The second kappa shape index (κ2) is 6.31. The van der Waals surface area contributed by atoms with Crippen molar-refractivity contribution in [1.29, 1.82) is 5.26 Å². The van der Waals surface area contributed by atoms with Crippen LogP contribution in [0.5, 0.6) is 0 Å². The van der Waals surface area contributed by atoms with E-state index >= 15 is 0 Å². The quantitative estimate of drug-likeness (QED) is 0.887. The third kappa shape index (κ3) is 3.10. The molecule has 3 rings (SSSR count). The Morgan fingerprint density at radius 2 is 1.91 bits per heavy atom. The first kappa shape index (κ1) is 16.0. The van der Waals surface area contributed by atoms with Crippen LogP contribution in [0.3, 0.4) is 0 Å². The maximum Gasteiger partial charge on any atom is 0.234 e. The maximum atomic E-state index is 11.6. The number of primary amides is 1. The highest BCUT2D eigenvalue weighted by Crippen LogP contribution is 2.40. The van der Waals surface area contributed by atoms with Crippen LogP contribution >= 0.6 is 0 Å². The highest BCUT2D eigenvalue weighted by molar-refractivity contribution is 5.80. The van der Waals surface area contributed by atoms with Crippen LogP contribution in [0.15, 0.2) is 24.3 Å². The fraction of sp³-hybridized carbons (Fsp3) is 0.556. The van der Waals surface area contributed by atoms with Gasteiger partial charge in [-0.3, -0.25) is 9.69 Å². The molecule has 23 heavy (non-hydrogen) atoms. The Balaban J connectivity index is 1.67. The highest BCUT2D eigenvalue weighted by atomic mass is 16.3. The van der Waals surface area contributed by atoms with E-state index in [1.165, 1.54) is 0 Å². The molecular weight excluding hydrogens is 290 g/mol. The first-order chi connectivity index (χ1) is 11.0. The van der Waals surface area contributed by atoms with E-state index in [9.17, 15) is 9.90 Å². The van der Waals surface area contributed by atoms with Crippen molar-refractivity contribution in [3.63, 3.8) is 0 Å². The van der Waals surface area contributed by atoms with Gasteiger partial charge in [-0.15, -0.1) is 0 Å². The second-order valence-corrected chi connectivity index (χ2v) is 6.75. The van der Waals surface area contributed by atoms with Crippen molar-refractivity contribution in [2.45, 2.75) is 56.2 Å². The SMILES string of the molecule is N#Cc1ccc(C2(O)CCC(N3CCCC3C(N)=O)CC2)cc1. The van der Waals surface area contributed by atoms with E-state index in [4.69, 9.17) is 11.0 Å². The van der Waals surface area contributed by atoms with Crippen molar-refractivity contribution in [2.75, 3.05) is 6.54 Å². The molecule has 5 nitrogen and oxygen atoms in total. The molecule has 1 amide bonds. The number of hydrogen-bond donors (Lipinski definition) is 2. The van der Waals surface area contributed by atoms with E-state index in [-0.39, 0.29) is 11.9 Å². The average molecular weight is 313 g/mol. The fourth-order valence-electron chi connectivity index (χ4n) is 4.09. The first-order valence-electron chi connectivity index (χ1n) is 8.31. The molecule has 1 unspecified atom stereocenters. The Hall–Kier alpha value is -1.90. The zero-order valence-electron chi connectivity index (χ0n) is 13.2. The summed E-state index contributed by atoms with van der Waals surface area (Å²) in [6.45, 7) is 0.924. The van der Waals surface area contributed by atoms with Gasteiger partial charge in [0, 0.05) is 6.04 Å². The smallest absolute Gasteiger partial charge is 0.234 e. The predicted molar refractivity (Wildman–Crippen MR) is 86.2 cm³/mol. The van der Waals surface area contributed by atoms with Gasteiger partial charge in [0.2, 0.25) is 5.91 Å². The second-order valence-electron chi connectivity index (χ2n) is 6.75. The van der Waals surface area contributed by atoms with Crippen molar-refractivity contribution in [1.82, 2.24) is 4.90 Å². The van der Waals surface area contributed by atoms with Gasteiger partial charge in [-0.25, -0.2) is 0 Å². The molecule has 2 fully saturated rings. The van der Waals surface area contributed by atoms with Gasteiger partial charge in [0.05, 0.1) is 23.3 Å². The summed E-state index contributed by atoms with van der Waals surface area (Å²) in [5.74, 6) is -0.226. The van der Waals surface area contributed by atoms with Crippen molar-refractivity contribution in [2.24, 2.45) is 5.73 Å². The van der Waals surface area contributed by atoms with Crippen LogP contribution in [0.2, 0.25) is 0 Å². The van der Waals surface area contributed by atoms with E-state index in [0.29, 0.717) is 24.4 Å². The van der Waals surface area contributed by atoms with E-state index in [2.05, 4.69) is 11.0 Å². The van der Waals surface area contributed by atoms with Gasteiger partial charge in [-0.05, 0) is 62.8 Å². The van der Waals surface area contributed by atoms with Gasteiger partial charge in [-0.1, -0.05) is 12.1 Å². The molecule has 1 saturated heterocycles. The number of rotatable bonds is 3. The number of nitriles is 1. The molecule has 0 bridgehead atoms. The van der Waals surface area contributed by atoms with E-state index < -0.39 is 5.60 Å². The van der Waals surface area contributed by atoms with Gasteiger partial charge < -0.3 is 10.8 Å². The molecule has 122 valence electrons. The number of carbonyl (C=O) groups is 1. The number of aliphatic hydroxyl groups is 1. The molecule has 1 atom stereocenters. The molecule has 0 aromatic heterocycles. The first-order valence-corrected chi connectivity index (χ1v) is 8.31. The maximum absolute atomic E-state index is 11.6. The van der Waals surface area contributed by atoms with Gasteiger partial charge in [0.25, 0.3) is 0 Å². The molecular formula is C18H23N3O2. The zero-order chi connectivity index (χ0) is 16.4. The lowest BCUT2D eigenvalue weighted by atomic mass is 9.77. The molecule has 0 radical (unpaired) electrons.